The molecule has 0 N–H and O–H groups in total. The van der Waals surface area contributed by atoms with Crippen LogP contribution in [0, 0.1) is 6.92 Å². The highest BCUT2D eigenvalue weighted by Crippen LogP contribution is 2.21. The van der Waals surface area contributed by atoms with Crippen LogP contribution in [0.5, 0.6) is 0 Å². The summed E-state index contributed by atoms with van der Waals surface area (Å²) in [5.41, 5.74) is 1.59. The number of hydrogen-bond acceptors (Lipinski definition) is 3. The summed E-state index contributed by atoms with van der Waals surface area (Å²) in [5, 5.41) is 0. The Morgan fingerprint density at radius 3 is 2.32 bits per heavy atom. The normalized spacial score (nSPS) is 13.1. The largest absolute Gasteiger partial charge is 0.273 e. The third kappa shape index (κ3) is 4.31. The number of benzene rings is 1. The lowest BCUT2D eigenvalue weighted by Crippen LogP contribution is -2.42. The Kier molecular flexibility index (Phi) is 6.11. The van der Waals surface area contributed by atoms with Crippen LogP contribution in [0.2, 0.25) is 0 Å². The Bertz CT molecular complexity index is 672. The fourth-order valence-electron chi connectivity index (χ4n) is 2.10. The highest BCUT2D eigenvalue weighted by molar-refractivity contribution is 7.89. The van der Waals surface area contributed by atoms with Gasteiger partial charge in [0.2, 0.25) is 5.91 Å². The first-order valence-corrected chi connectivity index (χ1v) is 8.55. The van der Waals surface area contributed by atoms with Crippen molar-refractivity contribution in [2.24, 2.45) is 0 Å². The molecular weight excluding hydrogens is 298 g/mol. The minimum atomic E-state index is -3.89. The van der Waals surface area contributed by atoms with Crippen molar-refractivity contribution in [1.82, 2.24) is 4.31 Å². The zero-order valence-corrected chi connectivity index (χ0v) is 14.4. The lowest BCUT2D eigenvalue weighted by molar-refractivity contribution is -0.126. The second kappa shape index (κ2) is 7.40. The second-order valence-electron chi connectivity index (χ2n) is 5.41. The monoisotopic (exact) mass is 321 g/mol. The van der Waals surface area contributed by atoms with Crippen LogP contribution in [-0.2, 0) is 14.8 Å². The predicted molar refractivity (Wildman–Crippen MR) is 88.9 cm³/mol. The number of hydrogen-bond donors (Lipinski definition) is 0. The molecule has 0 spiro atoms. The fourth-order valence-corrected chi connectivity index (χ4v) is 3.64. The van der Waals surface area contributed by atoms with E-state index < -0.39 is 22.0 Å². The molecule has 0 aliphatic heterocycles. The Morgan fingerprint density at radius 1 is 1.32 bits per heavy atom. The molecule has 0 fully saturated rings. The van der Waals surface area contributed by atoms with Crippen molar-refractivity contribution in [3.8, 4) is 0 Å². The van der Waals surface area contributed by atoms with Gasteiger partial charge in [-0.2, -0.15) is 0 Å². The standard InChI is InChI=1S/C17H23NO3S/c1-6-7-15(5)18(17(19)12-13(2)3)22(20,21)16-10-8-14(4)9-11-16/h6-11,15H,2,12H2,1,3-5H3/b7-6+. The number of amides is 1. The van der Waals surface area contributed by atoms with Crippen LogP contribution in [0.25, 0.3) is 0 Å². The summed E-state index contributed by atoms with van der Waals surface area (Å²) in [5.74, 6) is -0.473. The first-order chi connectivity index (χ1) is 10.2. The van der Waals surface area contributed by atoms with Crippen molar-refractivity contribution in [2.75, 3.05) is 0 Å². The summed E-state index contributed by atoms with van der Waals surface area (Å²) in [6.07, 6.45) is 3.42. The quantitative estimate of drug-likeness (QED) is 0.754. The molecule has 0 bridgehead atoms. The predicted octanol–water partition coefficient (Wildman–Crippen LogP) is 3.44. The fraction of sp³-hybridized carbons (Fsp3) is 0.353. The summed E-state index contributed by atoms with van der Waals surface area (Å²) in [4.78, 5) is 12.5. The Balaban J connectivity index is 3.32. The van der Waals surface area contributed by atoms with Gasteiger partial charge in [0.05, 0.1) is 10.9 Å². The van der Waals surface area contributed by atoms with Gasteiger partial charge in [-0.15, -0.1) is 0 Å². The van der Waals surface area contributed by atoms with Crippen LogP contribution in [0.3, 0.4) is 0 Å². The van der Waals surface area contributed by atoms with Gasteiger partial charge in [0.1, 0.15) is 0 Å². The summed E-state index contributed by atoms with van der Waals surface area (Å²) < 4.78 is 26.6. The second-order valence-corrected chi connectivity index (χ2v) is 7.22. The molecule has 120 valence electrons. The van der Waals surface area contributed by atoms with Crippen molar-refractivity contribution in [3.63, 3.8) is 0 Å². The topological polar surface area (TPSA) is 54.5 Å². The highest BCUT2D eigenvalue weighted by atomic mass is 32.2. The molecule has 0 aliphatic rings. The zero-order chi connectivity index (χ0) is 16.9. The number of allylic oxidation sites excluding steroid dienone is 1. The Morgan fingerprint density at radius 2 is 1.86 bits per heavy atom. The maximum atomic E-state index is 12.8. The molecule has 1 amide bonds. The number of carbonyl (C=O) groups excluding carboxylic acids is 1. The average molecular weight is 321 g/mol. The molecule has 5 heteroatoms. The number of sulfonamides is 1. The van der Waals surface area contributed by atoms with E-state index in [9.17, 15) is 13.2 Å². The van der Waals surface area contributed by atoms with E-state index in [0.29, 0.717) is 5.57 Å². The van der Waals surface area contributed by atoms with Crippen LogP contribution in [0.15, 0.2) is 53.5 Å². The van der Waals surface area contributed by atoms with Crippen molar-refractivity contribution in [3.05, 3.63) is 54.1 Å². The van der Waals surface area contributed by atoms with E-state index in [2.05, 4.69) is 6.58 Å². The molecule has 1 atom stereocenters. The van der Waals surface area contributed by atoms with Gasteiger partial charge in [-0.1, -0.05) is 42.0 Å². The van der Waals surface area contributed by atoms with E-state index in [4.69, 9.17) is 0 Å². The maximum absolute atomic E-state index is 12.8. The van der Waals surface area contributed by atoms with E-state index in [-0.39, 0.29) is 11.3 Å². The van der Waals surface area contributed by atoms with Gasteiger partial charge in [0.25, 0.3) is 10.0 Å². The number of aryl methyl sites for hydroxylation is 1. The first-order valence-electron chi connectivity index (χ1n) is 7.11. The Labute approximate surface area is 133 Å². The molecular formula is C17H23NO3S. The first kappa shape index (κ1) is 18.2. The number of carbonyl (C=O) groups is 1. The average Bonchev–Trinajstić information content (AvgIpc) is 2.38. The molecule has 1 rings (SSSR count). The van der Waals surface area contributed by atoms with Gasteiger partial charge in [0.15, 0.2) is 0 Å². The van der Waals surface area contributed by atoms with Crippen LogP contribution in [0.1, 0.15) is 32.8 Å². The molecule has 0 saturated heterocycles. The summed E-state index contributed by atoms with van der Waals surface area (Å²) in [7, 11) is -3.89. The van der Waals surface area contributed by atoms with Crippen LogP contribution >= 0.6 is 0 Å². The van der Waals surface area contributed by atoms with Gasteiger partial charge in [-0.3, -0.25) is 4.79 Å². The molecule has 1 unspecified atom stereocenters. The van der Waals surface area contributed by atoms with E-state index in [1.54, 1.807) is 45.1 Å². The van der Waals surface area contributed by atoms with Crippen LogP contribution in [0.4, 0.5) is 0 Å². The molecule has 0 aliphatic carbocycles. The van der Waals surface area contributed by atoms with E-state index >= 15 is 0 Å². The molecule has 22 heavy (non-hydrogen) atoms. The Hall–Kier alpha value is -1.88. The molecule has 0 heterocycles. The van der Waals surface area contributed by atoms with Gasteiger partial charge < -0.3 is 0 Å². The molecule has 0 saturated carbocycles. The van der Waals surface area contributed by atoms with Crippen molar-refractivity contribution >= 4 is 15.9 Å². The summed E-state index contributed by atoms with van der Waals surface area (Å²) >= 11 is 0. The summed E-state index contributed by atoms with van der Waals surface area (Å²) in [6, 6.07) is 5.92. The highest BCUT2D eigenvalue weighted by Gasteiger charge is 2.32. The van der Waals surface area contributed by atoms with E-state index in [1.165, 1.54) is 12.1 Å². The van der Waals surface area contributed by atoms with E-state index in [0.717, 1.165) is 9.87 Å². The maximum Gasteiger partial charge on any atom is 0.267 e. The van der Waals surface area contributed by atoms with Gasteiger partial charge in [0, 0.05) is 6.42 Å². The lowest BCUT2D eigenvalue weighted by Gasteiger charge is -2.27. The smallest absolute Gasteiger partial charge is 0.267 e. The van der Waals surface area contributed by atoms with Crippen LogP contribution < -0.4 is 0 Å². The third-order valence-electron chi connectivity index (χ3n) is 3.12. The SMILES string of the molecule is C=C(C)CC(=O)N(C(C)/C=C/C)S(=O)(=O)c1ccc(C)cc1. The number of rotatable bonds is 6. The molecule has 0 radical (unpaired) electrons. The van der Waals surface area contributed by atoms with Crippen molar-refractivity contribution < 1.29 is 13.2 Å². The number of nitrogens with zero attached hydrogens (tertiary/aromatic N) is 1. The third-order valence-corrected chi connectivity index (χ3v) is 5.04. The molecule has 0 aromatic heterocycles. The molecule has 1 aromatic carbocycles. The molecule has 1 aromatic rings. The van der Waals surface area contributed by atoms with E-state index in [1.807, 2.05) is 6.92 Å². The minimum absolute atomic E-state index is 0.00693. The summed E-state index contributed by atoms with van der Waals surface area (Å²) in [6.45, 7) is 10.7. The van der Waals surface area contributed by atoms with Gasteiger partial charge in [-0.25, -0.2) is 12.7 Å². The zero-order valence-electron chi connectivity index (χ0n) is 13.5. The van der Waals surface area contributed by atoms with Crippen molar-refractivity contribution in [2.45, 2.75) is 45.1 Å². The molecule has 4 nitrogen and oxygen atoms in total. The lowest BCUT2D eigenvalue weighted by atomic mass is 10.2. The van der Waals surface area contributed by atoms with Gasteiger partial charge in [-0.05, 0) is 39.8 Å². The minimum Gasteiger partial charge on any atom is -0.273 e. The van der Waals surface area contributed by atoms with Crippen LogP contribution in [-0.4, -0.2) is 24.7 Å². The van der Waals surface area contributed by atoms with Crippen molar-refractivity contribution in [1.29, 1.82) is 0 Å². The van der Waals surface area contributed by atoms with Gasteiger partial charge >= 0.3 is 0 Å².